The first-order valence-electron chi connectivity index (χ1n) is 10.0. The molecule has 11 nitrogen and oxygen atoms in total. The number of nitrogens with one attached hydrogen (secondary N) is 1. The van der Waals surface area contributed by atoms with Crippen molar-refractivity contribution in [2.75, 3.05) is 37.2 Å². The average molecular weight is 499 g/mol. The van der Waals surface area contributed by atoms with Gasteiger partial charge in [0.25, 0.3) is 0 Å². The molecule has 3 aromatic rings. The Kier molecular flexibility index (Phi) is 6.31. The Morgan fingerprint density at radius 3 is 2.53 bits per heavy atom. The van der Waals surface area contributed by atoms with Crippen molar-refractivity contribution in [2.45, 2.75) is 12.7 Å². The van der Waals surface area contributed by atoms with E-state index in [0.717, 1.165) is 29.5 Å². The smallest absolute Gasteiger partial charge is 0.342 e. The van der Waals surface area contributed by atoms with E-state index in [-0.39, 0.29) is 17.2 Å². The Hall–Kier alpha value is -3.46. The summed E-state index contributed by atoms with van der Waals surface area (Å²) >= 11 is 0. The largest absolute Gasteiger partial charge is 0.416 e. The molecule has 1 aliphatic rings. The predicted molar refractivity (Wildman–Crippen MR) is 113 cm³/mol. The molecule has 0 unspecified atom stereocenters. The fourth-order valence-corrected chi connectivity index (χ4v) is 4.03. The van der Waals surface area contributed by atoms with Crippen molar-refractivity contribution in [1.82, 2.24) is 29.7 Å². The summed E-state index contributed by atoms with van der Waals surface area (Å²) in [6, 6.07) is 4.37. The fourth-order valence-electron chi connectivity index (χ4n) is 3.55. The third kappa shape index (κ3) is 5.53. The molecule has 4 rings (SSSR count). The van der Waals surface area contributed by atoms with Crippen molar-refractivity contribution >= 4 is 21.9 Å². The van der Waals surface area contributed by atoms with E-state index in [1.165, 1.54) is 18.3 Å². The summed E-state index contributed by atoms with van der Waals surface area (Å²) in [5, 5.41) is 7.61. The Morgan fingerprint density at radius 1 is 1.18 bits per heavy atom. The van der Waals surface area contributed by atoms with Crippen molar-refractivity contribution < 1.29 is 30.9 Å². The van der Waals surface area contributed by atoms with E-state index in [9.17, 15) is 26.4 Å². The molecule has 1 aromatic carbocycles. The molecule has 1 saturated heterocycles. The normalized spacial score (nSPS) is 15.5. The van der Waals surface area contributed by atoms with Crippen molar-refractivity contribution in [1.29, 1.82) is 0 Å². The summed E-state index contributed by atoms with van der Waals surface area (Å²) in [5.74, 6) is 0.0953. The Labute approximate surface area is 192 Å². The number of carbonyl (C=O) groups is 1. The summed E-state index contributed by atoms with van der Waals surface area (Å²) in [4.78, 5) is 20.1. The molecule has 0 spiro atoms. The van der Waals surface area contributed by atoms with E-state index in [2.05, 4.69) is 20.0 Å². The highest BCUT2D eigenvalue weighted by Crippen LogP contribution is 2.33. The predicted octanol–water partition coefficient (Wildman–Crippen LogP) is 2.11. The molecule has 1 aliphatic heterocycles. The number of alkyl halides is 3. The molecular formula is C19H20F3N7O4S. The standard InChI is InChI=1S/C19H20F3N7O4S/c1-34(31,32)26-16-4-5-29(24-16)18(30)28-8-6-27(7-9-28)11-13-2-3-14(19(20,21)22)10-15(13)17-23-12-33-25-17/h2-5,10,12H,6-9,11H2,1H3,(H,24,26). The monoisotopic (exact) mass is 499 g/mol. The SMILES string of the molecule is CS(=O)(=O)Nc1ccn(C(=O)N2CCN(Cc3ccc(C(F)(F)F)cc3-c3ncon3)CC2)n1. The highest BCUT2D eigenvalue weighted by molar-refractivity contribution is 7.92. The fraction of sp³-hybridized carbons (Fsp3) is 0.368. The molecule has 0 saturated carbocycles. The first kappa shape index (κ1) is 23.7. The van der Waals surface area contributed by atoms with Crippen molar-refractivity contribution in [2.24, 2.45) is 0 Å². The maximum Gasteiger partial charge on any atom is 0.416 e. The lowest BCUT2D eigenvalue weighted by atomic mass is 10.0. The number of nitrogens with zero attached hydrogens (tertiary/aromatic N) is 6. The molecule has 1 amide bonds. The van der Waals surface area contributed by atoms with E-state index in [1.807, 2.05) is 4.90 Å². The molecule has 0 atom stereocenters. The minimum absolute atomic E-state index is 0.0331. The van der Waals surface area contributed by atoms with E-state index >= 15 is 0 Å². The van der Waals surface area contributed by atoms with Gasteiger partial charge in [0.15, 0.2) is 5.82 Å². The van der Waals surface area contributed by atoms with E-state index in [1.54, 1.807) is 4.90 Å². The zero-order chi connectivity index (χ0) is 24.5. The van der Waals surface area contributed by atoms with Crippen LogP contribution in [-0.2, 0) is 22.7 Å². The zero-order valence-electron chi connectivity index (χ0n) is 17.9. The summed E-state index contributed by atoms with van der Waals surface area (Å²) in [6.07, 6.45) is -1.11. The van der Waals surface area contributed by atoms with Crippen LogP contribution in [0.25, 0.3) is 11.4 Å². The molecule has 1 N–H and O–H groups in total. The van der Waals surface area contributed by atoms with Gasteiger partial charge in [-0.3, -0.25) is 9.62 Å². The van der Waals surface area contributed by atoms with E-state index in [0.29, 0.717) is 38.3 Å². The summed E-state index contributed by atoms with van der Waals surface area (Å²) in [7, 11) is -3.52. The number of sulfonamides is 1. The van der Waals surface area contributed by atoms with Crippen LogP contribution in [0.2, 0.25) is 0 Å². The maximum absolute atomic E-state index is 13.2. The molecule has 1 fully saturated rings. The highest BCUT2D eigenvalue weighted by atomic mass is 32.2. The topological polar surface area (TPSA) is 126 Å². The van der Waals surface area contributed by atoms with Gasteiger partial charge >= 0.3 is 12.2 Å². The molecule has 34 heavy (non-hydrogen) atoms. The first-order valence-corrected chi connectivity index (χ1v) is 11.9. The lowest BCUT2D eigenvalue weighted by Gasteiger charge is -2.34. The highest BCUT2D eigenvalue weighted by Gasteiger charge is 2.32. The number of hydrogen-bond donors (Lipinski definition) is 1. The molecular weight excluding hydrogens is 479 g/mol. The van der Waals surface area contributed by atoms with Gasteiger partial charge in [0.05, 0.1) is 11.8 Å². The maximum atomic E-state index is 13.2. The van der Waals surface area contributed by atoms with Crippen LogP contribution in [0.3, 0.4) is 0 Å². The average Bonchev–Trinajstić information content (AvgIpc) is 3.44. The third-order valence-electron chi connectivity index (χ3n) is 5.15. The van der Waals surface area contributed by atoms with Crippen LogP contribution in [0.15, 0.2) is 41.4 Å². The molecule has 3 heterocycles. The second kappa shape index (κ2) is 9.06. The molecule has 182 valence electrons. The number of rotatable bonds is 5. The number of anilines is 1. The quantitative estimate of drug-likeness (QED) is 0.566. The van der Waals surface area contributed by atoms with Crippen LogP contribution < -0.4 is 4.72 Å². The van der Waals surface area contributed by atoms with Crippen LogP contribution in [0.4, 0.5) is 23.8 Å². The van der Waals surface area contributed by atoms with Crippen molar-refractivity contribution in [3.05, 3.63) is 48.0 Å². The van der Waals surface area contributed by atoms with Crippen LogP contribution in [0.1, 0.15) is 11.1 Å². The molecule has 0 bridgehead atoms. The van der Waals surface area contributed by atoms with Crippen LogP contribution in [0, 0.1) is 0 Å². The van der Waals surface area contributed by atoms with Gasteiger partial charge in [-0.25, -0.2) is 13.2 Å². The Bertz CT molecular complexity index is 1270. The zero-order valence-corrected chi connectivity index (χ0v) is 18.7. The number of hydrogen-bond acceptors (Lipinski definition) is 8. The van der Waals surface area contributed by atoms with Gasteiger partial charge in [0, 0.05) is 50.6 Å². The summed E-state index contributed by atoms with van der Waals surface area (Å²) < 4.78 is 70.1. The number of amides is 1. The summed E-state index contributed by atoms with van der Waals surface area (Å²) in [6.45, 7) is 1.97. The second-order valence-electron chi connectivity index (χ2n) is 7.69. The third-order valence-corrected chi connectivity index (χ3v) is 5.73. The summed E-state index contributed by atoms with van der Waals surface area (Å²) in [5.41, 5.74) is 0.0118. The van der Waals surface area contributed by atoms with Gasteiger partial charge in [-0.1, -0.05) is 11.2 Å². The van der Waals surface area contributed by atoms with E-state index < -0.39 is 27.8 Å². The first-order chi connectivity index (χ1) is 16.0. The number of benzene rings is 1. The van der Waals surface area contributed by atoms with Gasteiger partial charge in [-0.15, -0.1) is 5.10 Å². The van der Waals surface area contributed by atoms with Gasteiger partial charge in [-0.05, 0) is 17.7 Å². The van der Waals surface area contributed by atoms with Gasteiger partial charge in [-0.2, -0.15) is 22.8 Å². The van der Waals surface area contributed by atoms with E-state index in [4.69, 9.17) is 4.52 Å². The Morgan fingerprint density at radius 2 is 1.91 bits per heavy atom. The number of aromatic nitrogens is 4. The second-order valence-corrected chi connectivity index (χ2v) is 9.44. The number of halogens is 3. The number of piperazine rings is 1. The Balaban J connectivity index is 1.42. The van der Waals surface area contributed by atoms with Gasteiger partial charge < -0.3 is 9.42 Å². The van der Waals surface area contributed by atoms with Crippen molar-refractivity contribution in [3.8, 4) is 11.4 Å². The molecule has 15 heteroatoms. The van der Waals surface area contributed by atoms with Crippen LogP contribution in [0.5, 0.6) is 0 Å². The lowest BCUT2D eigenvalue weighted by molar-refractivity contribution is -0.137. The van der Waals surface area contributed by atoms with Crippen LogP contribution in [-0.4, -0.2) is 76.6 Å². The molecule has 0 aliphatic carbocycles. The lowest BCUT2D eigenvalue weighted by Crippen LogP contribution is -2.49. The minimum Gasteiger partial charge on any atom is -0.342 e. The molecule has 0 radical (unpaired) electrons. The van der Waals surface area contributed by atoms with Gasteiger partial charge in [0.1, 0.15) is 0 Å². The molecule has 2 aromatic heterocycles. The van der Waals surface area contributed by atoms with Gasteiger partial charge in [0.2, 0.25) is 22.2 Å². The minimum atomic E-state index is -4.51. The number of carbonyl (C=O) groups excluding carboxylic acids is 1. The van der Waals surface area contributed by atoms with Crippen LogP contribution >= 0.6 is 0 Å². The van der Waals surface area contributed by atoms with Crippen molar-refractivity contribution in [3.63, 3.8) is 0 Å².